The molecule has 296 valence electrons. The number of unbranched alkanes of at least 4 members (excludes halogenated alkanes) is 6. The molecular formula is C50H55NO2S4. The zero-order valence-corrected chi connectivity index (χ0v) is 37.2. The molecule has 3 nitrogen and oxygen atoms in total. The highest BCUT2D eigenvalue weighted by Gasteiger charge is 2.31. The van der Waals surface area contributed by atoms with E-state index in [-0.39, 0.29) is 11.7 Å². The molecule has 0 spiro atoms. The highest BCUT2D eigenvalue weighted by molar-refractivity contribution is 7.32. The Labute approximate surface area is 354 Å². The number of aromatic nitrogens is 1. The summed E-state index contributed by atoms with van der Waals surface area (Å²) in [6.07, 6.45) is 20.8. The van der Waals surface area contributed by atoms with Crippen LogP contribution in [0.1, 0.15) is 119 Å². The van der Waals surface area contributed by atoms with Crippen LogP contribution in [0.15, 0.2) is 91.0 Å². The van der Waals surface area contributed by atoms with Gasteiger partial charge in [-0.05, 0) is 85.7 Å². The highest BCUT2D eigenvalue weighted by atomic mass is 32.1. The summed E-state index contributed by atoms with van der Waals surface area (Å²) in [6, 6.07) is 27.6. The van der Waals surface area contributed by atoms with E-state index in [9.17, 15) is 0 Å². The summed E-state index contributed by atoms with van der Waals surface area (Å²) in [7, 11) is 0. The summed E-state index contributed by atoms with van der Waals surface area (Å²) in [4.78, 5) is 8.52. The SMILES string of the molecule is CCCCCCc1cc(-c2cc3sc(C4OCC(C)(C)CO4)cc3s2)sc1-c1cc(CCCCCC)c(C2C=CC(n3c4ccccc4c4ccccc43)=CC2)s1. The van der Waals surface area contributed by atoms with Crippen molar-refractivity contribution in [1.29, 1.82) is 0 Å². The summed E-state index contributed by atoms with van der Waals surface area (Å²) in [5.74, 6) is 0.399. The Morgan fingerprint density at radius 2 is 1.30 bits per heavy atom. The first-order valence-corrected chi connectivity index (χ1v) is 24.5. The number of allylic oxidation sites excluding steroid dienone is 4. The van der Waals surface area contributed by atoms with E-state index in [1.54, 1.807) is 10.4 Å². The number of hydrogen-bond donors (Lipinski definition) is 0. The van der Waals surface area contributed by atoms with Crippen LogP contribution in [0, 0.1) is 5.41 Å². The van der Waals surface area contributed by atoms with Crippen molar-refractivity contribution in [3.8, 4) is 19.5 Å². The second kappa shape index (κ2) is 17.1. The van der Waals surface area contributed by atoms with Gasteiger partial charge < -0.3 is 14.0 Å². The number of ether oxygens (including phenoxy) is 2. The van der Waals surface area contributed by atoms with Crippen LogP contribution in [0.2, 0.25) is 0 Å². The number of fused-ring (bicyclic) bond motifs is 4. The minimum Gasteiger partial charge on any atom is -0.347 e. The third-order valence-corrected chi connectivity index (χ3v) is 16.9. The molecule has 1 fully saturated rings. The maximum absolute atomic E-state index is 6.15. The van der Waals surface area contributed by atoms with Crippen LogP contribution in [0.25, 0.3) is 56.4 Å². The third-order valence-electron chi connectivity index (χ3n) is 11.7. The average molecular weight is 830 g/mol. The summed E-state index contributed by atoms with van der Waals surface area (Å²) in [6.45, 7) is 10.5. The maximum Gasteiger partial charge on any atom is 0.193 e. The van der Waals surface area contributed by atoms with Gasteiger partial charge in [-0.1, -0.05) is 115 Å². The maximum atomic E-state index is 6.15. The molecule has 1 saturated heterocycles. The summed E-state index contributed by atoms with van der Waals surface area (Å²) in [5, 5.41) is 2.64. The summed E-state index contributed by atoms with van der Waals surface area (Å²) in [5.41, 5.74) is 7.03. The van der Waals surface area contributed by atoms with E-state index in [1.165, 1.54) is 125 Å². The number of rotatable bonds is 15. The van der Waals surface area contributed by atoms with Crippen LogP contribution in [-0.4, -0.2) is 17.8 Å². The van der Waals surface area contributed by atoms with E-state index in [0.717, 1.165) is 26.1 Å². The molecule has 9 rings (SSSR count). The highest BCUT2D eigenvalue weighted by Crippen LogP contribution is 2.49. The van der Waals surface area contributed by atoms with Gasteiger partial charge in [-0.2, -0.15) is 0 Å². The number of hydrogen-bond acceptors (Lipinski definition) is 6. The van der Waals surface area contributed by atoms with Gasteiger partial charge in [0.2, 0.25) is 0 Å². The molecule has 0 radical (unpaired) electrons. The number of thiophene rings is 4. The fourth-order valence-corrected chi connectivity index (χ4v) is 13.7. The van der Waals surface area contributed by atoms with Gasteiger partial charge in [0.1, 0.15) is 0 Å². The van der Waals surface area contributed by atoms with Crippen LogP contribution >= 0.6 is 45.3 Å². The lowest BCUT2D eigenvalue weighted by Crippen LogP contribution is -2.33. The lowest BCUT2D eigenvalue weighted by atomic mass is 9.93. The van der Waals surface area contributed by atoms with Crippen molar-refractivity contribution in [3.63, 3.8) is 0 Å². The van der Waals surface area contributed by atoms with Crippen molar-refractivity contribution in [1.82, 2.24) is 4.57 Å². The molecule has 0 amide bonds. The molecule has 5 aromatic heterocycles. The molecule has 1 aliphatic heterocycles. The van der Waals surface area contributed by atoms with E-state index in [2.05, 4.69) is 135 Å². The van der Waals surface area contributed by atoms with E-state index in [1.807, 2.05) is 34.0 Å². The molecule has 2 aromatic carbocycles. The zero-order chi connectivity index (χ0) is 38.9. The lowest BCUT2D eigenvalue weighted by molar-refractivity contribution is -0.224. The average Bonchev–Trinajstić information content (AvgIpc) is 4.05. The largest absolute Gasteiger partial charge is 0.347 e. The molecule has 2 aliphatic rings. The van der Waals surface area contributed by atoms with Gasteiger partial charge in [0, 0.05) is 61.6 Å². The van der Waals surface area contributed by atoms with Gasteiger partial charge in [0.05, 0.1) is 29.1 Å². The van der Waals surface area contributed by atoms with Crippen LogP contribution in [0.3, 0.4) is 0 Å². The Morgan fingerprint density at radius 1 is 0.667 bits per heavy atom. The standard InChI is InChI=1S/C50H55NO2S4/c1-5-7-9-11-17-34-28-45(57-47(34)33-23-25-36(26-24-33)51-39-21-15-13-19-37(39)38-20-14-16-22-40(38)51)48-35(18-12-10-8-6-2)27-41(56-48)42-29-43-44(54-42)30-46(55-43)49-52-31-50(3,4)32-53-49/h13-16,19-23,25-30,33,49H,5-12,17-18,24,31-32H2,1-4H3. The molecule has 0 saturated carbocycles. The molecule has 7 heteroatoms. The van der Waals surface area contributed by atoms with Gasteiger partial charge >= 0.3 is 0 Å². The van der Waals surface area contributed by atoms with Gasteiger partial charge in [0.25, 0.3) is 0 Å². The normalized spacial score (nSPS) is 17.4. The van der Waals surface area contributed by atoms with Crippen LogP contribution in [-0.2, 0) is 22.3 Å². The summed E-state index contributed by atoms with van der Waals surface area (Å²) >= 11 is 7.86. The second-order valence-corrected chi connectivity index (χ2v) is 21.2. The quantitative estimate of drug-likeness (QED) is 0.0961. The van der Waals surface area contributed by atoms with E-state index < -0.39 is 0 Å². The smallest absolute Gasteiger partial charge is 0.193 e. The fraction of sp³-hybridized carbons (Fsp3) is 0.400. The van der Waals surface area contributed by atoms with Crippen molar-refractivity contribution in [2.45, 2.75) is 111 Å². The fourth-order valence-electron chi connectivity index (χ4n) is 8.61. The van der Waals surface area contributed by atoms with Gasteiger partial charge in [-0.3, -0.25) is 0 Å². The number of benzene rings is 2. The minimum atomic E-state index is -0.243. The Morgan fingerprint density at radius 3 is 1.95 bits per heavy atom. The van der Waals surface area contributed by atoms with Gasteiger partial charge in [-0.15, -0.1) is 45.3 Å². The second-order valence-electron chi connectivity index (χ2n) is 16.9. The van der Waals surface area contributed by atoms with Crippen LogP contribution in [0.4, 0.5) is 0 Å². The van der Waals surface area contributed by atoms with E-state index in [0.29, 0.717) is 5.92 Å². The van der Waals surface area contributed by atoms with Crippen molar-refractivity contribution < 1.29 is 9.47 Å². The Balaban J connectivity index is 1.02. The first kappa shape index (κ1) is 39.2. The lowest BCUT2D eigenvalue weighted by Gasteiger charge is -2.34. The molecule has 6 heterocycles. The Kier molecular flexibility index (Phi) is 11.8. The minimum absolute atomic E-state index is 0.0741. The number of para-hydroxylation sites is 2. The predicted octanol–water partition coefficient (Wildman–Crippen LogP) is 16.4. The molecule has 1 atom stereocenters. The third kappa shape index (κ3) is 8.18. The summed E-state index contributed by atoms with van der Waals surface area (Å²) < 4.78 is 17.4. The number of nitrogens with zero attached hydrogens (tertiary/aromatic N) is 1. The molecule has 0 bridgehead atoms. The number of aryl methyl sites for hydroxylation is 2. The van der Waals surface area contributed by atoms with E-state index in [4.69, 9.17) is 9.47 Å². The van der Waals surface area contributed by atoms with Gasteiger partial charge in [-0.25, -0.2) is 0 Å². The first-order valence-electron chi connectivity index (χ1n) is 21.3. The van der Waals surface area contributed by atoms with E-state index >= 15 is 0 Å². The topological polar surface area (TPSA) is 23.4 Å². The van der Waals surface area contributed by atoms with Crippen molar-refractivity contribution >= 4 is 82.2 Å². The van der Waals surface area contributed by atoms with Crippen LogP contribution < -0.4 is 0 Å². The molecule has 57 heavy (non-hydrogen) atoms. The Bertz CT molecular complexity index is 2460. The molecular weight excluding hydrogens is 775 g/mol. The predicted molar refractivity (Wildman–Crippen MR) is 251 cm³/mol. The molecule has 1 unspecified atom stereocenters. The zero-order valence-electron chi connectivity index (χ0n) is 33.9. The van der Waals surface area contributed by atoms with Crippen molar-refractivity contribution in [2.24, 2.45) is 5.41 Å². The van der Waals surface area contributed by atoms with Crippen LogP contribution in [0.5, 0.6) is 0 Å². The molecule has 1 aliphatic carbocycles. The monoisotopic (exact) mass is 829 g/mol. The molecule has 0 N–H and O–H groups in total. The van der Waals surface area contributed by atoms with Gasteiger partial charge in [0.15, 0.2) is 6.29 Å². The van der Waals surface area contributed by atoms with Crippen molar-refractivity contribution in [3.05, 3.63) is 112 Å². The van der Waals surface area contributed by atoms with Crippen molar-refractivity contribution in [2.75, 3.05) is 13.2 Å². The first-order chi connectivity index (χ1) is 27.9. The Hall–Kier alpha value is -3.30. The molecule has 7 aromatic rings.